The second-order valence-electron chi connectivity index (χ2n) is 6.97. The van der Waals surface area contributed by atoms with Crippen LogP contribution in [0.1, 0.15) is 35.3 Å². The molecule has 1 amide bonds. The van der Waals surface area contributed by atoms with Crippen molar-refractivity contribution in [3.05, 3.63) is 71.5 Å². The van der Waals surface area contributed by atoms with Gasteiger partial charge in [-0.05, 0) is 75.2 Å². The van der Waals surface area contributed by atoms with Crippen LogP contribution in [0.3, 0.4) is 0 Å². The number of aryl methyl sites for hydroxylation is 2. The Morgan fingerprint density at radius 3 is 2.03 bits per heavy atom. The van der Waals surface area contributed by atoms with Crippen LogP contribution in [0.5, 0.6) is 0 Å². The molecule has 1 heterocycles. The topological polar surface area (TPSA) is 70.2 Å². The first-order chi connectivity index (χ1) is 14.0. The summed E-state index contributed by atoms with van der Waals surface area (Å²) >= 11 is 0. The molecule has 0 aliphatic rings. The minimum Gasteiger partial charge on any atom is -0.372 e. The first-order valence-electron chi connectivity index (χ1n) is 9.82. The molecule has 2 aromatic carbocycles. The van der Waals surface area contributed by atoms with Gasteiger partial charge in [-0.2, -0.15) is 0 Å². The largest absolute Gasteiger partial charge is 0.372 e. The van der Waals surface area contributed by atoms with E-state index < -0.39 is 0 Å². The summed E-state index contributed by atoms with van der Waals surface area (Å²) in [5.74, 6) is 0.216. The summed E-state index contributed by atoms with van der Waals surface area (Å²) in [6.07, 6.45) is 3.05. The smallest absolute Gasteiger partial charge is 0.258 e. The SMILES string of the molecule is CCN(CC)c1ccc(NC(=O)c2cnc(Nc3cc(C)cc(C)c3)nc2)cc1. The molecule has 0 atom stereocenters. The maximum absolute atomic E-state index is 12.5. The van der Waals surface area contributed by atoms with Gasteiger partial charge in [0.05, 0.1) is 5.56 Å². The number of carbonyl (C=O) groups excluding carboxylic acids is 1. The molecule has 150 valence electrons. The number of benzene rings is 2. The number of nitrogens with one attached hydrogen (secondary N) is 2. The molecule has 0 radical (unpaired) electrons. The summed E-state index contributed by atoms with van der Waals surface area (Å²) in [6.45, 7) is 10.2. The van der Waals surface area contributed by atoms with Crippen LogP contribution in [0.15, 0.2) is 54.9 Å². The van der Waals surface area contributed by atoms with E-state index in [1.165, 1.54) is 12.4 Å². The van der Waals surface area contributed by atoms with E-state index >= 15 is 0 Å². The predicted octanol–water partition coefficient (Wildman–Crippen LogP) is 4.94. The van der Waals surface area contributed by atoms with Crippen molar-refractivity contribution in [3.8, 4) is 0 Å². The van der Waals surface area contributed by atoms with Crippen molar-refractivity contribution >= 4 is 28.9 Å². The van der Waals surface area contributed by atoms with Crippen LogP contribution in [-0.4, -0.2) is 29.0 Å². The lowest BCUT2D eigenvalue weighted by molar-refractivity contribution is 0.102. The van der Waals surface area contributed by atoms with Crippen molar-refractivity contribution in [1.82, 2.24) is 9.97 Å². The highest BCUT2D eigenvalue weighted by molar-refractivity contribution is 6.04. The molecule has 0 aliphatic heterocycles. The average molecular weight is 390 g/mol. The fraction of sp³-hybridized carbons (Fsp3) is 0.261. The molecular formula is C23H27N5O. The molecule has 0 saturated carbocycles. The predicted molar refractivity (Wildman–Crippen MR) is 119 cm³/mol. The van der Waals surface area contributed by atoms with Gasteiger partial charge in [-0.15, -0.1) is 0 Å². The zero-order valence-corrected chi connectivity index (χ0v) is 17.4. The molecule has 1 aromatic heterocycles. The van der Waals surface area contributed by atoms with E-state index in [2.05, 4.69) is 45.4 Å². The highest BCUT2D eigenvalue weighted by atomic mass is 16.1. The van der Waals surface area contributed by atoms with Crippen LogP contribution in [0.25, 0.3) is 0 Å². The molecular weight excluding hydrogens is 362 g/mol. The van der Waals surface area contributed by atoms with E-state index in [-0.39, 0.29) is 5.91 Å². The molecule has 3 aromatic rings. The molecule has 3 rings (SSSR count). The fourth-order valence-electron chi connectivity index (χ4n) is 3.23. The first kappa shape index (κ1) is 20.3. The van der Waals surface area contributed by atoms with E-state index in [0.29, 0.717) is 11.5 Å². The molecule has 6 nitrogen and oxygen atoms in total. The van der Waals surface area contributed by atoms with E-state index in [1.807, 2.05) is 50.2 Å². The van der Waals surface area contributed by atoms with Gasteiger partial charge in [0, 0.05) is 42.5 Å². The summed E-state index contributed by atoms with van der Waals surface area (Å²) < 4.78 is 0. The fourth-order valence-corrected chi connectivity index (χ4v) is 3.23. The summed E-state index contributed by atoms with van der Waals surface area (Å²) in [7, 11) is 0. The molecule has 0 saturated heterocycles. The zero-order valence-electron chi connectivity index (χ0n) is 17.4. The molecule has 2 N–H and O–H groups in total. The lowest BCUT2D eigenvalue weighted by Crippen LogP contribution is -2.21. The number of aromatic nitrogens is 2. The normalized spacial score (nSPS) is 10.5. The summed E-state index contributed by atoms with van der Waals surface area (Å²) in [5.41, 5.74) is 5.53. The molecule has 0 fully saturated rings. The van der Waals surface area contributed by atoms with Gasteiger partial charge in [0.15, 0.2) is 0 Å². The summed E-state index contributed by atoms with van der Waals surface area (Å²) in [5, 5.41) is 6.06. The first-order valence-corrected chi connectivity index (χ1v) is 9.82. The maximum Gasteiger partial charge on any atom is 0.258 e. The number of hydrogen-bond acceptors (Lipinski definition) is 5. The van der Waals surface area contributed by atoms with Gasteiger partial charge < -0.3 is 15.5 Å². The van der Waals surface area contributed by atoms with Crippen molar-refractivity contribution < 1.29 is 4.79 Å². The van der Waals surface area contributed by atoms with E-state index in [0.717, 1.165) is 41.3 Å². The van der Waals surface area contributed by atoms with E-state index in [9.17, 15) is 4.79 Å². The van der Waals surface area contributed by atoms with Gasteiger partial charge in [0.2, 0.25) is 5.95 Å². The molecule has 6 heteroatoms. The maximum atomic E-state index is 12.5. The lowest BCUT2D eigenvalue weighted by Gasteiger charge is -2.21. The monoisotopic (exact) mass is 389 g/mol. The minimum absolute atomic E-state index is 0.237. The highest BCUT2D eigenvalue weighted by Crippen LogP contribution is 2.19. The second-order valence-corrected chi connectivity index (χ2v) is 6.97. The second kappa shape index (κ2) is 9.19. The van der Waals surface area contributed by atoms with Crippen LogP contribution in [0.4, 0.5) is 23.0 Å². The molecule has 0 spiro atoms. The van der Waals surface area contributed by atoms with Gasteiger partial charge in [-0.1, -0.05) is 6.07 Å². The van der Waals surface area contributed by atoms with Crippen molar-refractivity contribution in [2.45, 2.75) is 27.7 Å². The Hall–Kier alpha value is -3.41. The summed E-state index contributed by atoms with van der Waals surface area (Å²) in [4.78, 5) is 23.3. The highest BCUT2D eigenvalue weighted by Gasteiger charge is 2.09. The van der Waals surface area contributed by atoms with Gasteiger partial charge >= 0.3 is 0 Å². The quantitative estimate of drug-likeness (QED) is 0.599. The standard InChI is InChI=1S/C23H27N5O/c1-5-28(6-2)21-9-7-19(8-10-21)26-22(29)18-14-24-23(25-15-18)27-20-12-16(3)11-17(4)13-20/h7-15H,5-6H2,1-4H3,(H,26,29)(H,24,25,27). The van der Waals surface area contributed by atoms with Crippen molar-refractivity contribution in [3.63, 3.8) is 0 Å². The Balaban J connectivity index is 1.64. The van der Waals surface area contributed by atoms with Gasteiger partial charge in [0.1, 0.15) is 0 Å². The number of rotatable bonds is 7. The van der Waals surface area contributed by atoms with Crippen molar-refractivity contribution in [2.75, 3.05) is 28.6 Å². The third kappa shape index (κ3) is 5.31. The van der Waals surface area contributed by atoms with E-state index in [4.69, 9.17) is 0 Å². The van der Waals surface area contributed by atoms with Crippen LogP contribution >= 0.6 is 0 Å². The minimum atomic E-state index is -0.237. The Morgan fingerprint density at radius 2 is 1.48 bits per heavy atom. The number of amides is 1. The van der Waals surface area contributed by atoms with Crippen molar-refractivity contribution in [2.24, 2.45) is 0 Å². The van der Waals surface area contributed by atoms with Gasteiger partial charge in [0.25, 0.3) is 5.91 Å². The van der Waals surface area contributed by atoms with Crippen LogP contribution in [-0.2, 0) is 0 Å². The van der Waals surface area contributed by atoms with Crippen molar-refractivity contribution in [1.29, 1.82) is 0 Å². The average Bonchev–Trinajstić information content (AvgIpc) is 2.70. The molecule has 0 bridgehead atoms. The molecule has 0 unspecified atom stereocenters. The third-order valence-electron chi connectivity index (χ3n) is 4.65. The number of carbonyl (C=O) groups is 1. The van der Waals surface area contributed by atoms with E-state index in [1.54, 1.807) is 0 Å². The summed E-state index contributed by atoms with van der Waals surface area (Å²) in [6, 6.07) is 14.0. The third-order valence-corrected chi connectivity index (χ3v) is 4.65. The Kier molecular flexibility index (Phi) is 6.44. The van der Waals surface area contributed by atoms with Gasteiger partial charge in [-0.3, -0.25) is 4.79 Å². The van der Waals surface area contributed by atoms with Crippen LogP contribution in [0, 0.1) is 13.8 Å². The zero-order chi connectivity index (χ0) is 20.8. The number of hydrogen-bond donors (Lipinski definition) is 2. The van der Waals surface area contributed by atoms with Crippen LogP contribution < -0.4 is 15.5 Å². The Morgan fingerprint density at radius 1 is 0.897 bits per heavy atom. The molecule has 0 aliphatic carbocycles. The number of anilines is 4. The lowest BCUT2D eigenvalue weighted by atomic mass is 10.1. The van der Waals surface area contributed by atoms with Gasteiger partial charge in [-0.25, -0.2) is 9.97 Å². The Labute approximate surface area is 172 Å². The molecule has 29 heavy (non-hydrogen) atoms. The van der Waals surface area contributed by atoms with Crippen LogP contribution in [0.2, 0.25) is 0 Å². The number of nitrogens with zero attached hydrogens (tertiary/aromatic N) is 3. The Bertz CT molecular complexity index is 943.